The molecule has 1 aromatic heterocycles. The van der Waals surface area contributed by atoms with Gasteiger partial charge in [0.15, 0.2) is 5.82 Å². The summed E-state index contributed by atoms with van der Waals surface area (Å²) in [7, 11) is 1.66. The molecular formula is C16H19ClN2O. The average Bonchev–Trinajstić information content (AvgIpc) is 2.39. The summed E-state index contributed by atoms with van der Waals surface area (Å²) in [6.45, 7) is 4.31. The first kappa shape index (κ1) is 14.9. The van der Waals surface area contributed by atoms with E-state index in [1.54, 1.807) is 7.11 Å². The molecule has 0 aliphatic heterocycles. The van der Waals surface area contributed by atoms with Crippen LogP contribution in [0.5, 0.6) is 0 Å². The summed E-state index contributed by atoms with van der Waals surface area (Å²) in [6.07, 6.45) is 0.585. The zero-order valence-corrected chi connectivity index (χ0v) is 12.8. The summed E-state index contributed by atoms with van der Waals surface area (Å²) in [4.78, 5) is 8.92. The Balaban J connectivity index is 2.37. The fourth-order valence-electron chi connectivity index (χ4n) is 2.14. The summed E-state index contributed by atoms with van der Waals surface area (Å²) in [5.41, 5.74) is 1.97. The zero-order chi connectivity index (χ0) is 14.5. The van der Waals surface area contributed by atoms with E-state index in [-0.39, 0.29) is 6.10 Å². The van der Waals surface area contributed by atoms with Gasteiger partial charge in [-0.25, -0.2) is 9.97 Å². The van der Waals surface area contributed by atoms with Gasteiger partial charge in [0.2, 0.25) is 0 Å². The molecule has 0 spiro atoms. The lowest BCUT2D eigenvalue weighted by molar-refractivity contribution is 0.129. The van der Waals surface area contributed by atoms with Crippen molar-refractivity contribution in [2.24, 2.45) is 5.92 Å². The van der Waals surface area contributed by atoms with Crippen molar-refractivity contribution in [3.8, 4) is 0 Å². The van der Waals surface area contributed by atoms with Crippen molar-refractivity contribution in [1.82, 2.24) is 9.97 Å². The molecule has 4 heteroatoms. The fraction of sp³-hybridized carbons (Fsp3) is 0.375. The van der Waals surface area contributed by atoms with Gasteiger partial charge in [-0.2, -0.15) is 0 Å². The lowest BCUT2D eigenvalue weighted by atomic mass is 10.1. The fourth-order valence-corrected chi connectivity index (χ4v) is 2.35. The van der Waals surface area contributed by atoms with E-state index in [9.17, 15) is 0 Å². The van der Waals surface area contributed by atoms with Crippen LogP contribution < -0.4 is 0 Å². The second-order valence-electron chi connectivity index (χ2n) is 5.16. The number of ether oxygens (including phenoxy) is 1. The zero-order valence-electron chi connectivity index (χ0n) is 12.0. The second kappa shape index (κ2) is 6.82. The Labute approximate surface area is 125 Å². The Hall–Kier alpha value is -1.45. The molecule has 1 atom stereocenters. The molecule has 106 valence electrons. The van der Waals surface area contributed by atoms with Gasteiger partial charge in [-0.3, -0.25) is 0 Å². The maximum atomic E-state index is 6.12. The molecule has 0 saturated heterocycles. The first-order valence-electron chi connectivity index (χ1n) is 6.71. The number of nitrogens with zero attached hydrogens (tertiary/aromatic N) is 2. The molecule has 0 radical (unpaired) electrons. The SMILES string of the molecule is COC(c1ccccc1)c1nc(Cl)cc(CC(C)C)n1. The highest BCUT2D eigenvalue weighted by molar-refractivity contribution is 6.29. The summed E-state index contributed by atoms with van der Waals surface area (Å²) in [5.74, 6) is 1.13. The molecule has 0 fully saturated rings. The van der Waals surface area contributed by atoms with Gasteiger partial charge >= 0.3 is 0 Å². The Morgan fingerprint density at radius 2 is 1.85 bits per heavy atom. The van der Waals surface area contributed by atoms with E-state index in [0.717, 1.165) is 17.7 Å². The summed E-state index contributed by atoms with van der Waals surface area (Å²) < 4.78 is 5.55. The standard InChI is InChI=1S/C16H19ClN2O/c1-11(2)9-13-10-14(17)19-16(18-13)15(20-3)12-7-5-4-6-8-12/h4-8,10-11,15H,9H2,1-3H3. The number of hydrogen-bond acceptors (Lipinski definition) is 3. The van der Waals surface area contributed by atoms with Crippen LogP contribution in [0.2, 0.25) is 5.15 Å². The first-order chi connectivity index (χ1) is 9.60. The number of hydrogen-bond donors (Lipinski definition) is 0. The lowest BCUT2D eigenvalue weighted by Crippen LogP contribution is -2.11. The topological polar surface area (TPSA) is 35.0 Å². The van der Waals surface area contributed by atoms with E-state index in [0.29, 0.717) is 16.9 Å². The molecule has 1 aromatic carbocycles. The van der Waals surface area contributed by atoms with Gasteiger partial charge in [0.25, 0.3) is 0 Å². The van der Waals surface area contributed by atoms with Gasteiger partial charge in [-0.05, 0) is 24.0 Å². The van der Waals surface area contributed by atoms with Crippen molar-refractivity contribution >= 4 is 11.6 Å². The molecule has 0 aliphatic rings. The van der Waals surface area contributed by atoms with E-state index in [1.165, 1.54) is 0 Å². The van der Waals surface area contributed by atoms with Crippen LogP contribution in [0.25, 0.3) is 0 Å². The van der Waals surface area contributed by atoms with E-state index >= 15 is 0 Å². The molecular weight excluding hydrogens is 272 g/mol. The molecule has 1 heterocycles. The molecule has 3 nitrogen and oxygen atoms in total. The Bertz CT molecular complexity index is 558. The van der Waals surface area contributed by atoms with Crippen molar-refractivity contribution in [2.75, 3.05) is 7.11 Å². The number of halogens is 1. The van der Waals surface area contributed by atoms with Crippen molar-refractivity contribution in [3.63, 3.8) is 0 Å². The highest BCUT2D eigenvalue weighted by Gasteiger charge is 2.18. The number of rotatable bonds is 5. The van der Waals surface area contributed by atoms with E-state index in [2.05, 4.69) is 23.8 Å². The van der Waals surface area contributed by atoms with Crippen molar-refractivity contribution < 1.29 is 4.74 Å². The third-order valence-corrected chi connectivity index (χ3v) is 3.15. The number of methoxy groups -OCH3 is 1. The molecule has 2 aromatic rings. The van der Waals surface area contributed by atoms with Crippen LogP contribution in [0.3, 0.4) is 0 Å². The summed E-state index contributed by atoms with van der Waals surface area (Å²) in [6, 6.07) is 11.7. The highest BCUT2D eigenvalue weighted by Crippen LogP contribution is 2.24. The van der Waals surface area contributed by atoms with Gasteiger partial charge in [-0.1, -0.05) is 55.8 Å². The summed E-state index contributed by atoms with van der Waals surface area (Å²) >= 11 is 6.12. The van der Waals surface area contributed by atoms with Crippen LogP contribution in [0, 0.1) is 5.92 Å². The average molecular weight is 291 g/mol. The van der Waals surface area contributed by atoms with Gasteiger partial charge in [-0.15, -0.1) is 0 Å². The molecule has 20 heavy (non-hydrogen) atoms. The smallest absolute Gasteiger partial charge is 0.163 e. The van der Waals surface area contributed by atoms with Gasteiger partial charge < -0.3 is 4.74 Å². The highest BCUT2D eigenvalue weighted by atomic mass is 35.5. The second-order valence-corrected chi connectivity index (χ2v) is 5.55. The molecule has 1 unspecified atom stereocenters. The minimum Gasteiger partial charge on any atom is -0.369 e. The summed E-state index contributed by atoms with van der Waals surface area (Å²) in [5, 5.41) is 0.462. The maximum Gasteiger partial charge on any atom is 0.163 e. The van der Waals surface area contributed by atoms with Crippen molar-refractivity contribution in [1.29, 1.82) is 0 Å². The van der Waals surface area contributed by atoms with Crippen LogP contribution in [-0.2, 0) is 11.2 Å². The molecule has 0 bridgehead atoms. The lowest BCUT2D eigenvalue weighted by Gasteiger charge is -2.16. The third kappa shape index (κ3) is 3.78. The monoisotopic (exact) mass is 290 g/mol. The van der Waals surface area contributed by atoms with Gasteiger partial charge in [0.05, 0.1) is 0 Å². The van der Waals surface area contributed by atoms with Crippen LogP contribution in [0.4, 0.5) is 0 Å². The minimum atomic E-state index is -0.291. The van der Waals surface area contributed by atoms with E-state index < -0.39 is 0 Å². The van der Waals surface area contributed by atoms with E-state index in [1.807, 2.05) is 36.4 Å². The first-order valence-corrected chi connectivity index (χ1v) is 7.09. The third-order valence-electron chi connectivity index (χ3n) is 2.96. The van der Waals surface area contributed by atoms with Crippen LogP contribution in [0.15, 0.2) is 36.4 Å². The normalized spacial score (nSPS) is 12.7. The largest absolute Gasteiger partial charge is 0.369 e. The Morgan fingerprint density at radius 3 is 2.45 bits per heavy atom. The van der Waals surface area contributed by atoms with Crippen LogP contribution >= 0.6 is 11.6 Å². The van der Waals surface area contributed by atoms with Crippen LogP contribution in [0.1, 0.15) is 37.0 Å². The number of aromatic nitrogens is 2. The predicted molar refractivity (Wildman–Crippen MR) is 80.9 cm³/mol. The molecule has 0 saturated carbocycles. The van der Waals surface area contributed by atoms with Crippen molar-refractivity contribution in [2.45, 2.75) is 26.4 Å². The minimum absolute atomic E-state index is 0.291. The van der Waals surface area contributed by atoms with Crippen molar-refractivity contribution in [3.05, 3.63) is 58.6 Å². The predicted octanol–water partition coefficient (Wildman–Crippen LogP) is 4.06. The molecule has 2 rings (SSSR count). The Morgan fingerprint density at radius 1 is 1.15 bits per heavy atom. The molecule has 0 amide bonds. The van der Waals surface area contributed by atoms with Crippen LogP contribution in [-0.4, -0.2) is 17.1 Å². The van der Waals surface area contributed by atoms with E-state index in [4.69, 9.17) is 16.3 Å². The maximum absolute atomic E-state index is 6.12. The molecule has 0 N–H and O–H groups in total. The molecule has 0 aliphatic carbocycles. The van der Waals surface area contributed by atoms with Gasteiger partial charge in [0.1, 0.15) is 11.3 Å². The number of benzene rings is 1. The Kier molecular flexibility index (Phi) is 5.10. The van der Waals surface area contributed by atoms with Gasteiger partial charge in [0, 0.05) is 12.8 Å². The quantitative estimate of drug-likeness (QED) is 0.779.